The molecule has 0 saturated carbocycles. The molecular formula is C16H24FN3O2. The lowest BCUT2D eigenvalue weighted by molar-refractivity contribution is -0.121. The van der Waals surface area contributed by atoms with E-state index >= 15 is 0 Å². The van der Waals surface area contributed by atoms with Crippen molar-refractivity contribution in [2.24, 2.45) is 0 Å². The summed E-state index contributed by atoms with van der Waals surface area (Å²) in [6.45, 7) is 7.20. The molecule has 1 aliphatic rings. The van der Waals surface area contributed by atoms with E-state index in [0.717, 1.165) is 25.2 Å². The van der Waals surface area contributed by atoms with Crippen LogP contribution in [0.2, 0.25) is 0 Å². The molecule has 1 aromatic carbocycles. The van der Waals surface area contributed by atoms with Crippen molar-refractivity contribution in [2.45, 2.75) is 26.3 Å². The van der Waals surface area contributed by atoms with E-state index in [1.807, 2.05) is 13.0 Å². The Labute approximate surface area is 130 Å². The maximum absolute atomic E-state index is 13.8. The van der Waals surface area contributed by atoms with Gasteiger partial charge in [-0.3, -0.25) is 4.79 Å². The molecule has 0 spiro atoms. The van der Waals surface area contributed by atoms with Crippen LogP contribution in [0.4, 0.5) is 15.8 Å². The van der Waals surface area contributed by atoms with Crippen molar-refractivity contribution in [2.75, 3.05) is 43.1 Å². The van der Waals surface area contributed by atoms with Crippen LogP contribution in [0, 0.1) is 5.82 Å². The minimum Gasteiger partial charge on any atom is -0.378 e. The van der Waals surface area contributed by atoms with Crippen molar-refractivity contribution in [3.8, 4) is 0 Å². The van der Waals surface area contributed by atoms with Crippen molar-refractivity contribution in [3.05, 3.63) is 24.0 Å². The Morgan fingerprint density at radius 3 is 2.77 bits per heavy atom. The van der Waals surface area contributed by atoms with E-state index in [4.69, 9.17) is 4.74 Å². The van der Waals surface area contributed by atoms with Crippen LogP contribution in [0.5, 0.6) is 0 Å². The molecular weight excluding hydrogens is 285 g/mol. The van der Waals surface area contributed by atoms with Crippen LogP contribution in [-0.2, 0) is 9.53 Å². The number of rotatable bonds is 6. The first-order valence-electron chi connectivity index (χ1n) is 7.77. The fraction of sp³-hybridized carbons (Fsp3) is 0.562. The number of hydrogen-bond acceptors (Lipinski definition) is 4. The summed E-state index contributed by atoms with van der Waals surface area (Å²) in [4.78, 5) is 14.0. The zero-order valence-electron chi connectivity index (χ0n) is 13.2. The van der Waals surface area contributed by atoms with Crippen molar-refractivity contribution >= 4 is 17.3 Å². The highest BCUT2D eigenvalue weighted by atomic mass is 19.1. The van der Waals surface area contributed by atoms with Gasteiger partial charge in [-0.15, -0.1) is 0 Å². The summed E-state index contributed by atoms with van der Waals surface area (Å²) in [5.41, 5.74) is 1.42. The Bertz CT molecular complexity index is 504. The molecule has 1 aliphatic heterocycles. The van der Waals surface area contributed by atoms with Gasteiger partial charge in [-0.2, -0.15) is 0 Å². The van der Waals surface area contributed by atoms with E-state index in [-0.39, 0.29) is 11.7 Å². The number of benzene rings is 1. The van der Waals surface area contributed by atoms with Gasteiger partial charge < -0.3 is 20.3 Å². The third kappa shape index (κ3) is 4.59. The zero-order valence-corrected chi connectivity index (χ0v) is 13.2. The Balaban J connectivity index is 2.04. The Kier molecular flexibility index (Phi) is 6.00. The minimum absolute atomic E-state index is 0.0842. The highest BCUT2D eigenvalue weighted by Crippen LogP contribution is 2.23. The SMILES string of the molecule is CCCNC(=O)C(C)Nc1cc(F)cc(N2CCOCC2)c1. The molecule has 0 aliphatic carbocycles. The molecule has 1 unspecified atom stereocenters. The molecule has 1 heterocycles. The molecule has 1 saturated heterocycles. The van der Waals surface area contributed by atoms with E-state index in [9.17, 15) is 9.18 Å². The van der Waals surface area contributed by atoms with Gasteiger partial charge in [0.05, 0.1) is 13.2 Å². The molecule has 1 aromatic rings. The maximum atomic E-state index is 13.8. The molecule has 5 nitrogen and oxygen atoms in total. The fourth-order valence-electron chi connectivity index (χ4n) is 2.38. The number of ether oxygens (including phenoxy) is 1. The molecule has 1 fully saturated rings. The largest absolute Gasteiger partial charge is 0.378 e. The van der Waals surface area contributed by atoms with Crippen LogP contribution in [-0.4, -0.2) is 44.8 Å². The normalized spacial score (nSPS) is 16.2. The summed E-state index contributed by atoms with van der Waals surface area (Å²) in [7, 11) is 0. The van der Waals surface area contributed by atoms with Crippen LogP contribution in [0.25, 0.3) is 0 Å². The number of hydrogen-bond donors (Lipinski definition) is 2. The van der Waals surface area contributed by atoms with Gasteiger partial charge in [0.15, 0.2) is 0 Å². The van der Waals surface area contributed by atoms with Gasteiger partial charge >= 0.3 is 0 Å². The summed E-state index contributed by atoms with van der Waals surface area (Å²) >= 11 is 0. The van der Waals surface area contributed by atoms with E-state index in [1.54, 1.807) is 6.92 Å². The number of nitrogens with one attached hydrogen (secondary N) is 2. The molecule has 22 heavy (non-hydrogen) atoms. The quantitative estimate of drug-likeness (QED) is 0.844. The molecule has 6 heteroatoms. The second-order valence-electron chi connectivity index (χ2n) is 5.45. The molecule has 2 N–H and O–H groups in total. The Morgan fingerprint density at radius 1 is 1.36 bits per heavy atom. The van der Waals surface area contributed by atoms with Crippen molar-refractivity contribution < 1.29 is 13.9 Å². The van der Waals surface area contributed by atoms with Gasteiger partial charge in [-0.25, -0.2) is 4.39 Å². The van der Waals surface area contributed by atoms with Crippen LogP contribution >= 0.6 is 0 Å². The minimum atomic E-state index is -0.411. The predicted octanol–water partition coefficient (Wildman–Crippen LogP) is 1.99. The standard InChI is InChI=1S/C16H24FN3O2/c1-3-4-18-16(21)12(2)19-14-9-13(17)10-15(11-14)20-5-7-22-8-6-20/h9-12,19H,3-8H2,1-2H3,(H,18,21). The van der Waals surface area contributed by atoms with Crippen molar-refractivity contribution in [1.29, 1.82) is 0 Å². The third-order valence-corrected chi connectivity index (χ3v) is 3.58. The molecule has 0 aromatic heterocycles. The highest BCUT2D eigenvalue weighted by Gasteiger charge is 2.15. The second-order valence-corrected chi connectivity index (χ2v) is 5.45. The zero-order chi connectivity index (χ0) is 15.9. The maximum Gasteiger partial charge on any atom is 0.242 e. The van der Waals surface area contributed by atoms with E-state index < -0.39 is 6.04 Å². The van der Waals surface area contributed by atoms with Crippen molar-refractivity contribution in [1.82, 2.24) is 5.32 Å². The lowest BCUT2D eigenvalue weighted by Crippen LogP contribution is -2.38. The van der Waals surface area contributed by atoms with Gasteiger partial charge in [-0.1, -0.05) is 6.92 Å². The average Bonchev–Trinajstić information content (AvgIpc) is 2.52. The molecule has 2 rings (SSSR count). The number of halogens is 1. The van der Waals surface area contributed by atoms with E-state index in [1.165, 1.54) is 12.1 Å². The monoisotopic (exact) mass is 309 g/mol. The highest BCUT2D eigenvalue weighted by molar-refractivity contribution is 5.84. The number of anilines is 2. The van der Waals surface area contributed by atoms with Gasteiger partial charge in [0.25, 0.3) is 0 Å². The topological polar surface area (TPSA) is 53.6 Å². The predicted molar refractivity (Wildman–Crippen MR) is 85.8 cm³/mol. The van der Waals surface area contributed by atoms with Gasteiger partial charge in [0, 0.05) is 31.0 Å². The lowest BCUT2D eigenvalue weighted by Gasteiger charge is -2.29. The Hall–Kier alpha value is -1.82. The summed E-state index contributed by atoms with van der Waals surface area (Å²) in [6, 6.07) is 4.38. The summed E-state index contributed by atoms with van der Waals surface area (Å²) in [5.74, 6) is -0.397. The van der Waals surface area contributed by atoms with Crippen LogP contribution in [0.3, 0.4) is 0 Å². The number of morpholine rings is 1. The number of carbonyl (C=O) groups excluding carboxylic acids is 1. The molecule has 1 amide bonds. The molecule has 122 valence electrons. The first kappa shape index (κ1) is 16.5. The molecule has 0 bridgehead atoms. The average molecular weight is 309 g/mol. The van der Waals surface area contributed by atoms with Crippen LogP contribution < -0.4 is 15.5 Å². The molecule has 0 radical (unpaired) electrons. The Morgan fingerprint density at radius 2 is 2.09 bits per heavy atom. The van der Waals surface area contributed by atoms with E-state index in [2.05, 4.69) is 15.5 Å². The summed E-state index contributed by atoms with van der Waals surface area (Å²) < 4.78 is 19.1. The summed E-state index contributed by atoms with van der Waals surface area (Å²) in [6.07, 6.45) is 0.888. The van der Waals surface area contributed by atoms with Crippen molar-refractivity contribution in [3.63, 3.8) is 0 Å². The first-order chi connectivity index (χ1) is 10.6. The van der Waals surface area contributed by atoms with Gasteiger partial charge in [-0.05, 0) is 31.5 Å². The van der Waals surface area contributed by atoms with Gasteiger partial charge in [0.1, 0.15) is 11.9 Å². The lowest BCUT2D eigenvalue weighted by atomic mass is 10.2. The fourth-order valence-corrected chi connectivity index (χ4v) is 2.38. The smallest absolute Gasteiger partial charge is 0.242 e. The van der Waals surface area contributed by atoms with E-state index in [0.29, 0.717) is 25.4 Å². The summed E-state index contributed by atoms with van der Waals surface area (Å²) in [5, 5.41) is 5.88. The number of amides is 1. The number of nitrogens with zero attached hydrogens (tertiary/aromatic N) is 1. The number of carbonyl (C=O) groups is 1. The third-order valence-electron chi connectivity index (χ3n) is 3.58. The van der Waals surface area contributed by atoms with Gasteiger partial charge in [0.2, 0.25) is 5.91 Å². The second kappa shape index (κ2) is 7.98. The molecule has 1 atom stereocenters. The first-order valence-corrected chi connectivity index (χ1v) is 7.77. The van der Waals surface area contributed by atoms with Crippen LogP contribution in [0.1, 0.15) is 20.3 Å². The van der Waals surface area contributed by atoms with Crippen LogP contribution in [0.15, 0.2) is 18.2 Å².